The van der Waals surface area contributed by atoms with Crippen molar-refractivity contribution in [1.82, 2.24) is 0 Å². The molecule has 5 bridgehead atoms. The molecule has 6 rings (SSSR count). The predicted octanol–water partition coefficient (Wildman–Crippen LogP) is 2.21. The van der Waals surface area contributed by atoms with Gasteiger partial charge in [0.15, 0.2) is 0 Å². The minimum atomic E-state index is 0.677. The van der Waals surface area contributed by atoms with E-state index in [-0.39, 0.29) is 0 Å². The van der Waals surface area contributed by atoms with Crippen molar-refractivity contribution in [3.63, 3.8) is 0 Å². The molecule has 5 atom stereocenters. The molecule has 1 aliphatic heterocycles. The maximum Gasteiger partial charge on any atom is 0.0617 e. The van der Waals surface area contributed by atoms with Gasteiger partial charge in [-0.25, -0.2) is 0 Å². The van der Waals surface area contributed by atoms with Crippen molar-refractivity contribution in [2.45, 2.75) is 38.7 Å². The summed E-state index contributed by atoms with van der Waals surface area (Å²) >= 11 is 0. The van der Waals surface area contributed by atoms with Crippen LogP contribution in [0.3, 0.4) is 0 Å². The highest BCUT2D eigenvalue weighted by molar-refractivity contribution is 5.19. The van der Waals surface area contributed by atoms with E-state index in [0.717, 1.165) is 18.4 Å². The molecule has 6 aliphatic rings. The van der Waals surface area contributed by atoms with Crippen molar-refractivity contribution in [2.24, 2.45) is 22.7 Å². The van der Waals surface area contributed by atoms with Crippen LogP contribution in [0.1, 0.15) is 32.6 Å². The molecular weight excluding hydrogens is 148 g/mol. The highest BCUT2D eigenvalue weighted by Crippen LogP contribution is 2.74. The van der Waals surface area contributed by atoms with Gasteiger partial charge in [-0.2, -0.15) is 0 Å². The molecule has 1 saturated heterocycles. The average molecular weight is 164 g/mol. The molecule has 0 aromatic rings. The van der Waals surface area contributed by atoms with Crippen molar-refractivity contribution in [2.75, 3.05) is 6.61 Å². The summed E-state index contributed by atoms with van der Waals surface area (Å²) in [6.45, 7) is 3.60. The first kappa shape index (κ1) is 6.42. The van der Waals surface area contributed by atoms with Gasteiger partial charge in [0.2, 0.25) is 0 Å². The Morgan fingerprint density at radius 3 is 2.92 bits per heavy atom. The molecule has 1 heterocycles. The molecule has 0 amide bonds. The summed E-state index contributed by atoms with van der Waals surface area (Å²) in [5.41, 5.74) is 1.37. The Morgan fingerprint density at radius 1 is 1.25 bits per heavy atom. The number of hydrogen-bond acceptors (Lipinski definition) is 1. The molecule has 12 heavy (non-hydrogen) atoms. The Kier molecular flexibility index (Phi) is 0.800. The van der Waals surface area contributed by atoms with Gasteiger partial charge in [0, 0.05) is 5.41 Å². The standard InChI is InChI=1S/C11H16O/c1-10-2-7-3-11(5-10)6-12-8(4-10)9(7)11/h7-9H,2-6H2,1H3. The van der Waals surface area contributed by atoms with E-state index in [1.807, 2.05) is 0 Å². The summed E-state index contributed by atoms with van der Waals surface area (Å²) in [6, 6.07) is 0. The largest absolute Gasteiger partial charge is 0.377 e. The first-order chi connectivity index (χ1) is 5.71. The van der Waals surface area contributed by atoms with Gasteiger partial charge in [0.05, 0.1) is 12.7 Å². The van der Waals surface area contributed by atoms with Gasteiger partial charge in [-0.3, -0.25) is 0 Å². The highest BCUT2D eigenvalue weighted by atomic mass is 16.5. The second kappa shape index (κ2) is 1.50. The minimum Gasteiger partial charge on any atom is -0.377 e. The van der Waals surface area contributed by atoms with Crippen LogP contribution in [0.2, 0.25) is 0 Å². The van der Waals surface area contributed by atoms with Gasteiger partial charge in [-0.05, 0) is 42.9 Å². The third-order valence-electron chi connectivity index (χ3n) is 5.10. The van der Waals surface area contributed by atoms with E-state index in [4.69, 9.17) is 4.74 Å². The lowest BCUT2D eigenvalue weighted by Crippen LogP contribution is -2.62. The van der Waals surface area contributed by atoms with Crippen LogP contribution < -0.4 is 0 Å². The number of hydrogen-bond donors (Lipinski definition) is 0. The number of ether oxygens (including phenoxy) is 1. The molecule has 1 heteroatoms. The maximum absolute atomic E-state index is 5.92. The summed E-state index contributed by atoms with van der Waals surface area (Å²) in [5.74, 6) is 2.06. The van der Waals surface area contributed by atoms with E-state index in [1.54, 1.807) is 0 Å². The van der Waals surface area contributed by atoms with E-state index in [2.05, 4.69) is 6.92 Å². The molecule has 6 fully saturated rings. The normalized spacial score (nSPS) is 71.2. The van der Waals surface area contributed by atoms with Crippen molar-refractivity contribution in [3.8, 4) is 0 Å². The molecule has 5 aliphatic carbocycles. The topological polar surface area (TPSA) is 9.23 Å². The molecule has 1 nitrogen and oxygen atoms in total. The second-order valence-electron chi connectivity index (χ2n) is 6.10. The van der Waals surface area contributed by atoms with E-state index < -0.39 is 0 Å². The SMILES string of the molecule is CC12CC3CC4(COC(C1)C34)C2. The summed E-state index contributed by atoms with van der Waals surface area (Å²) in [6.07, 6.45) is 6.55. The van der Waals surface area contributed by atoms with Crippen LogP contribution in [-0.4, -0.2) is 12.7 Å². The molecule has 0 N–H and O–H groups in total. The van der Waals surface area contributed by atoms with Gasteiger partial charge < -0.3 is 4.74 Å². The summed E-state index contributed by atoms with van der Waals surface area (Å²) in [7, 11) is 0. The molecular formula is C11H16O. The lowest BCUT2D eigenvalue weighted by atomic mass is 9.37. The fourth-order valence-corrected chi connectivity index (χ4v) is 5.18. The summed E-state index contributed by atoms with van der Waals surface area (Å²) < 4.78 is 5.92. The van der Waals surface area contributed by atoms with E-state index in [9.17, 15) is 0 Å². The summed E-state index contributed by atoms with van der Waals surface area (Å²) in [5, 5.41) is 0. The Bertz CT molecular complexity index is 258. The monoisotopic (exact) mass is 164 g/mol. The zero-order chi connectivity index (χ0) is 7.97. The zero-order valence-corrected chi connectivity index (χ0v) is 7.68. The van der Waals surface area contributed by atoms with E-state index >= 15 is 0 Å². The molecule has 0 radical (unpaired) electrons. The second-order valence-corrected chi connectivity index (χ2v) is 6.10. The van der Waals surface area contributed by atoms with Crippen molar-refractivity contribution in [3.05, 3.63) is 0 Å². The lowest BCUT2D eigenvalue weighted by Gasteiger charge is -2.66. The van der Waals surface area contributed by atoms with Crippen LogP contribution in [0.25, 0.3) is 0 Å². The molecule has 5 unspecified atom stereocenters. The van der Waals surface area contributed by atoms with E-state index in [1.165, 1.54) is 25.7 Å². The first-order valence-electron chi connectivity index (χ1n) is 5.33. The molecule has 0 aromatic heterocycles. The molecule has 5 saturated carbocycles. The van der Waals surface area contributed by atoms with Gasteiger partial charge in [0.25, 0.3) is 0 Å². The molecule has 0 aromatic carbocycles. The lowest BCUT2D eigenvalue weighted by molar-refractivity contribution is -0.171. The van der Waals surface area contributed by atoms with Crippen molar-refractivity contribution >= 4 is 0 Å². The van der Waals surface area contributed by atoms with Crippen LogP contribution in [0.4, 0.5) is 0 Å². The van der Waals surface area contributed by atoms with Gasteiger partial charge in [0.1, 0.15) is 0 Å². The summed E-state index contributed by atoms with van der Waals surface area (Å²) in [4.78, 5) is 0. The predicted molar refractivity (Wildman–Crippen MR) is 45.7 cm³/mol. The average Bonchev–Trinajstić information content (AvgIpc) is 2.17. The Labute approximate surface area is 73.5 Å². The van der Waals surface area contributed by atoms with E-state index in [0.29, 0.717) is 16.9 Å². The fraction of sp³-hybridized carbons (Fsp3) is 1.00. The van der Waals surface area contributed by atoms with Crippen LogP contribution in [0, 0.1) is 22.7 Å². The Balaban J connectivity index is 1.88. The quantitative estimate of drug-likeness (QED) is 0.533. The molecule has 66 valence electrons. The fourth-order valence-electron chi connectivity index (χ4n) is 5.18. The Morgan fingerprint density at radius 2 is 2.17 bits per heavy atom. The van der Waals surface area contributed by atoms with Gasteiger partial charge in [-0.15, -0.1) is 0 Å². The van der Waals surface area contributed by atoms with Gasteiger partial charge in [-0.1, -0.05) is 6.92 Å². The minimum absolute atomic E-state index is 0.677. The molecule has 1 spiro atoms. The zero-order valence-electron chi connectivity index (χ0n) is 7.68. The maximum atomic E-state index is 5.92. The van der Waals surface area contributed by atoms with Gasteiger partial charge >= 0.3 is 0 Å². The third-order valence-corrected chi connectivity index (χ3v) is 5.10. The van der Waals surface area contributed by atoms with Crippen LogP contribution in [0.15, 0.2) is 0 Å². The van der Waals surface area contributed by atoms with Crippen molar-refractivity contribution in [1.29, 1.82) is 0 Å². The van der Waals surface area contributed by atoms with Crippen LogP contribution >= 0.6 is 0 Å². The number of rotatable bonds is 0. The van der Waals surface area contributed by atoms with Crippen molar-refractivity contribution < 1.29 is 4.74 Å². The highest BCUT2D eigenvalue weighted by Gasteiger charge is 2.71. The van der Waals surface area contributed by atoms with Crippen LogP contribution in [0.5, 0.6) is 0 Å². The van der Waals surface area contributed by atoms with Crippen LogP contribution in [-0.2, 0) is 4.74 Å². The smallest absolute Gasteiger partial charge is 0.0617 e. The third kappa shape index (κ3) is 0.477. The Hall–Kier alpha value is -0.0400. The first-order valence-corrected chi connectivity index (χ1v) is 5.33.